The van der Waals surface area contributed by atoms with Gasteiger partial charge < -0.3 is 0 Å². The SMILES string of the molecule is CCN(C(=O)C1CCN(S(=O)(=O)c2cc([N+](=O)[O-])ccc2C)CC1)c1nc2ccccc2s1. The minimum Gasteiger partial charge on any atom is -0.288 e. The number of anilines is 1. The average molecular weight is 489 g/mol. The predicted molar refractivity (Wildman–Crippen MR) is 127 cm³/mol. The van der Waals surface area contributed by atoms with Crippen molar-refractivity contribution in [3.8, 4) is 0 Å². The van der Waals surface area contributed by atoms with E-state index >= 15 is 0 Å². The molecule has 0 atom stereocenters. The lowest BCUT2D eigenvalue weighted by atomic mass is 9.96. The van der Waals surface area contributed by atoms with Crippen LogP contribution in [-0.4, -0.2) is 48.2 Å². The molecule has 3 aromatic rings. The summed E-state index contributed by atoms with van der Waals surface area (Å²) in [6.07, 6.45) is 0.765. The van der Waals surface area contributed by atoms with E-state index < -0.39 is 14.9 Å². The van der Waals surface area contributed by atoms with Crippen molar-refractivity contribution in [3.63, 3.8) is 0 Å². The zero-order valence-corrected chi connectivity index (χ0v) is 19.9. The molecule has 2 aromatic carbocycles. The van der Waals surface area contributed by atoms with Gasteiger partial charge in [-0.1, -0.05) is 29.5 Å². The number of sulfonamides is 1. The minimum atomic E-state index is -3.90. The van der Waals surface area contributed by atoms with E-state index in [9.17, 15) is 23.3 Å². The lowest BCUT2D eigenvalue weighted by Crippen LogP contribution is -2.44. The fraction of sp³-hybridized carbons (Fsp3) is 0.364. The molecule has 1 aromatic heterocycles. The van der Waals surface area contributed by atoms with Gasteiger partial charge in [-0.2, -0.15) is 4.31 Å². The molecule has 1 saturated heterocycles. The first-order valence-electron chi connectivity index (χ1n) is 10.6. The Bertz CT molecular complexity index is 1280. The molecule has 9 nitrogen and oxygen atoms in total. The van der Waals surface area contributed by atoms with E-state index in [-0.39, 0.29) is 35.5 Å². The number of carbonyl (C=O) groups excluding carboxylic acids is 1. The highest BCUT2D eigenvalue weighted by molar-refractivity contribution is 7.89. The molecule has 0 bridgehead atoms. The lowest BCUT2D eigenvalue weighted by molar-refractivity contribution is -0.385. The number of nitrogens with zero attached hydrogens (tertiary/aromatic N) is 4. The molecule has 0 N–H and O–H groups in total. The monoisotopic (exact) mass is 488 g/mol. The molecule has 2 heterocycles. The van der Waals surface area contributed by atoms with Gasteiger partial charge in [0, 0.05) is 37.7 Å². The summed E-state index contributed by atoms with van der Waals surface area (Å²) in [5.74, 6) is -0.366. The number of hydrogen-bond acceptors (Lipinski definition) is 7. The molecule has 0 spiro atoms. The van der Waals surface area contributed by atoms with Gasteiger partial charge in [-0.05, 0) is 44.4 Å². The number of rotatable bonds is 6. The van der Waals surface area contributed by atoms with Crippen LogP contribution >= 0.6 is 11.3 Å². The Kier molecular flexibility index (Phi) is 6.46. The third-order valence-corrected chi connectivity index (χ3v) is 9.00. The van der Waals surface area contributed by atoms with Crippen LogP contribution in [0.15, 0.2) is 47.4 Å². The van der Waals surface area contributed by atoms with Gasteiger partial charge in [0.25, 0.3) is 5.69 Å². The zero-order valence-electron chi connectivity index (χ0n) is 18.3. The van der Waals surface area contributed by atoms with Crippen molar-refractivity contribution >= 4 is 48.3 Å². The summed E-state index contributed by atoms with van der Waals surface area (Å²) in [4.78, 5) is 29.9. The van der Waals surface area contributed by atoms with E-state index in [0.717, 1.165) is 16.3 Å². The van der Waals surface area contributed by atoms with Gasteiger partial charge in [-0.25, -0.2) is 13.4 Å². The first kappa shape index (κ1) is 23.3. The van der Waals surface area contributed by atoms with Gasteiger partial charge in [-0.3, -0.25) is 19.8 Å². The number of hydrogen-bond donors (Lipinski definition) is 0. The van der Waals surface area contributed by atoms with Crippen molar-refractivity contribution in [2.45, 2.75) is 31.6 Å². The highest BCUT2D eigenvalue weighted by atomic mass is 32.2. The summed E-state index contributed by atoms with van der Waals surface area (Å²) in [5, 5.41) is 11.7. The summed E-state index contributed by atoms with van der Waals surface area (Å²) in [7, 11) is -3.90. The van der Waals surface area contributed by atoms with Gasteiger partial charge >= 0.3 is 0 Å². The molecule has 4 rings (SSSR count). The van der Waals surface area contributed by atoms with Crippen LogP contribution in [0.2, 0.25) is 0 Å². The Morgan fingerprint density at radius 3 is 2.58 bits per heavy atom. The zero-order chi connectivity index (χ0) is 23.8. The summed E-state index contributed by atoms with van der Waals surface area (Å²) in [6, 6.07) is 11.6. The largest absolute Gasteiger partial charge is 0.288 e. The fourth-order valence-corrected chi connectivity index (χ4v) is 6.79. The van der Waals surface area contributed by atoms with E-state index in [1.54, 1.807) is 11.8 Å². The molecule has 0 aliphatic carbocycles. The van der Waals surface area contributed by atoms with Gasteiger partial charge in [0.15, 0.2) is 5.13 Å². The van der Waals surface area contributed by atoms with Gasteiger partial charge in [-0.15, -0.1) is 0 Å². The molecule has 1 aliphatic heterocycles. The highest BCUT2D eigenvalue weighted by Gasteiger charge is 2.35. The van der Waals surface area contributed by atoms with Gasteiger partial charge in [0.2, 0.25) is 15.9 Å². The smallest absolute Gasteiger partial charge is 0.270 e. The molecule has 1 fully saturated rings. The Balaban J connectivity index is 1.49. The Morgan fingerprint density at radius 2 is 1.94 bits per heavy atom. The van der Waals surface area contributed by atoms with Crippen molar-refractivity contribution in [3.05, 3.63) is 58.1 Å². The summed E-state index contributed by atoms with van der Waals surface area (Å²) in [5.41, 5.74) is 1.03. The van der Waals surface area contributed by atoms with Crippen molar-refractivity contribution < 1.29 is 18.1 Å². The second-order valence-electron chi connectivity index (χ2n) is 7.93. The number of aromatic nitrogens is 1. The normalized spacial score (nSPS) is 15.6. The van der Waals surface area contributed by atoms with Gasteiger partial charge in [0.1, 0.15) is 0 Å². The number of piperidine rings is 1. The number of aryl methyl sites for hydroxylation is 1. The first-order chi connectivity index (χ1) is 15.7. The third-order valence-electron chi connectivity index (χ3n) is 5.90. The summed E-state index contributed by atoms with van der Waals surface area (Å²) < 4.78 is 28.7. The van der Waals surface area contributed by atoms with Crippen molar-refractivity contribution in [1.82, 2.24) is 9.29 Å². The standard InChI is InChI=1S/C22H24N4O5S2/c1-3-25(22-23-18-6-4-5-7-19(18)32-22)21(27)16-10-12-24(13-11-16)33(30,31)20-14-17(26(28)29)9-8-15(20)2/h4-9,14,16H,3,10-13H2,1-2H3. The minimum absolute atomic E-state index is 0.0554. The molecule has 1 aliphatic rings. The van der Waals surface area contributed by atoms with E-state index in [1.807, 2.05) is 31.2 Å². The van der Waals surface area contributed by atoms with Gasteiger partial charge in [0.05, 0.1) is 20.0 Å². The number of para-hydroxylation sites is 1. The maximum atomic E-state index is 13.3. The molecule has 174 valence electrons. The number of nitro groups is 1. The van der Waals surface area contributed by atoms with Crippen molar-refractivity contribution in [2.24, 2.45) is 5.92 Å². The predicted octanol–water partition coefficient (Wildman–Crippen LogP) is 3.97. The third kappa shape index (κ3) is 4.48. The highest BCUT2D eigenvalue weighted by Crippen LogP contribution is 2.32. The molecular formula is C22H24N4O5S2. The van der Waals surface area contributed by atoms with Crippen LogP contribution in [0.1, 0.15) is 25.3 Å². The average Bonchev–Trinajstić information content (AvgIpc) is 3.23. The van der Waals surface area contributed by atoms with E-state index in [0.29, 0.717) is 30.1 Å². The van der Waals surface area contributed by atoms with Crippen molar-refractivity contribution in [1.29, 1.82) is 0 Å². The number of thiazole rings is 1. The Labute approximate surface area is 195 Å². The molecular weight excluding hydrogens is 464 g/mol. The van der Waals surface area contributed by atoms with Crippen LogP contribution in [0, 0.1) is 23.0 Å². The van der Waals surface area contributed by atoms with E-state index in [1.165, 1.54) is 27.8 Å². The summed E-state index contributed by atoms with van der Waals surface area (Å²) >= 11 is 1.46. The summed E-state index contributed by atoms with van der Waals surface area (Å²) in [6.45, 7) is 4.35. The number of amides is 1. The molecule has 11 heteroatoms. The second kappa shape index (κ2) is 9.16. The quantitative estimate of drug-likeness (QED) is 0.383. The molecule has 0 unspecified atom stereocenters. The Hall–Kier alpha value is -2.89. The van der Waals surface area contributed by atoms with Crippen LogP contribution in [0.25, 0.3) is 10.2 Å². The van der Waals surface area contributed by atoms with Crippen LogP contribution < -0.4 is 4.90 Å². The number of nitro benzene ring substituents is 1. The number of non-ortho nitro benzene ring substituents is 1. The van der Waals surface area contributed by atoms with E-state index in [4.69, 9.17) is 0 Å². The lowest BCUT2D eigenvalue weighted by Gasteiger charge is -2.32. The van der Waals surface area contributed by atoms with Crippen LogP contribution in [0.5, 0.6) is 0 Å². The number of fused-ring (bicyclic) bond motifs is 1. The van der Waals surface area contributed by atoms with Crippen LogP contribution in [0.4, 0.5) is 10.8 Å². The van der Waals surface area contributed by atoms with Crippen LogP contribution in [0.3, 0.4) is 0 Å². The maximum absolute atomic E-state index is 13.3. The first-order valence-corrected chi connectivity index (χ1v) is 12.9. The van der Waals surface area contributed by atoms with E-state index in [2.05, 4.69) is 4.98 Å². The molecule has 33 heavy (non-hydrogen) atoms. The fourth-order valence-electron chi connectivity index (χ4n) is 4.04. The Morgan fingerprint density at radius 1 is 1.24 bits per heavy atom. The topological polar surface area (TPSA) is 114 Å². The van der Waals surface area contributed by atoms with Crippen molar-refractivity contribution in [2.75, 3.05) is 24.5 Å². The molecule has 0 saturated carbocycles. The number of carbonyl (C=O) groups is 1. The number of benzene rings is 2. The molecule has 0 radical (unpaired) electrons. The maximum Gasteiger partial charge on any atom is 0.270 e. The van der Waals surface area contributed by atoms with Crippen LogP contribution in [-0.2, 0) is 14.8 Å². The molecule has 1 amide bonds. The second-order valence-corrected chi connectivity index (χ2v) is 10.8.